The van der Waals surface area contributed by atoms with Gasteiger partial charge in [-0.05, 0) is 43.9 Å². The number of aryl methyl sites for hydroxylation is 1. The van der Waals surface area contributed by atoms with Crippen LogP contribution in [0.4, 0.5) is 0 Å². The largest absolute Gasteiger partial charge is 0.383 e. The summed E-state index contributed by atoms with van der Waals surface area (Å²) in [6.07, 6.45) is 5.77. The monoisotopic (exact) mass is 273 g/mol. The molecule has 1 N–H and O–H groups in total. The summed E-state index contributed by atoms with van der Waals surface area (Å²) in [6, 6.07) is 8.84. The second-order valence-corrected chi connectivity index (χ2v) is 5.63. The molecule has 4 heteroatoms. The van der Waals surface area contributed by atoms with Crippen LogP contribution in [0.15, 0.2) is 30.6 Å². The molecule has 1 aliphatic carbocycles. The smallest absolute Gasteiger partial charge is 0.0958 e. The standard InChI is InChI=1S/C16H23N3O/c1-20-11-15(13-7-8-13)17-9-4-10-19-12-18-14-5-2-3-6-16(14)19/h2-3,5-6,12-13,15,17H,4,7-11H2,1H3. The Kier molecular flexibility index (Phi) is 4.33. The van der Waals surface area contributed by atoms with Crippen LogP contribution < -0.4 is 5.32 Å². The van der Waals surface area contributed by atoms with Crippen molar-refractivity contribution in [3.05, 3.63) is 30.6 Å². The van der Waals surface area contributed by atoms with Gasteiger partial charge in [0.15, 0.2) is 0 Å². The molecule has 1 fully saturated rings. The van der Waals surface area contributed by atoms with Crippen molar-refractivity contribution in [2.75, 3.05) is 20.3 Å². The number of aromatic nitrogens is 2. The summed E-state index contributed by atoms with van der Waals surface area (Å²) in [7, 11) is 1.79. The molecule has 1 aromatic heterocycles. The summed E-state index contributed by atoms with van der Waals surface area (Å²) in [4.78, 5) is 4.42. The van der Waals surface area contributed by atoms with Gasteiger partial charge in [-0.15, -0.1) is 0 Å². The third-order valence-electron chi connectivity index (χ3n) is 4.05. The average molecular weight is 273 g/mol. The van der Waals surface area contributed by atoms with Crippen LogP contribution in [-0.4, -0.2) is 35.9 Å². The van der Waals surface area contributed by atoms with E-state index in [2.05, 4.69) is 33.1 Å². The zero-order valence-corrected chi connectivity index (χ0v) is 12.1. The molecule has 1 atom stereocenters. The zero-order valence-electron chi connectivity index (χ0n) is 12.1. The van der Waals surface area contributed by atoms with Crippen molar-refractivity contribution < 1.29 is 4.74 Å². The molecule has 1 unspecified atom stereocenters. The number of rotatable bonds is 8. The third-order valence-corrected chi connectivity index (χ3v) is 4.05. The summed E-state index contributed by atoms with van der Waals surface area (Å²) in [5.41, 5.74) is 2.30. The number of ether oxygens (including phenoxy) is 1. The van der Waals surface area contributed by atoms with Crippen LogP contribution in [0, 0.1) is 5.92 Å². The molecule has 0 radical (unpaired) electrons. The van der Waals surface area contributed by atoms with E-state index in [4.69, 9.17) is 4.74 Å². The van der Waals surface area contributed by atoms with E-state index in [1.54, 1.807) is 7.11 Å². The number of benzene rings is 1. The van der Waals surface area contributed by atoms with E-state index in [1.807, 2.05) is 12.4 Å². The molecule has 0 aliphatic heterocycles. The first-order valence-electron chi connectivity index (χ1n) is 7.50. The Balaban J connectivity index is 1.47. The second kappa shape index (κ2) is 6.37. The first-order chi connectivity index (χ1) is 9.88. The molecule has 0 amide bonds. The van der Waals surface area contributed by atoms with E-state index in [0.29, 0.717) is 6.04 Å². The molecule has 4 nitrogen and oxygen atoms in total. The van der Waals surface area contributed by atoms with Crippen molar-refractivity contribution in [3.8, 4) is 0 Å². The maximum atomic E-state index is 5.29. The van der Waals surface area contributed by atoms with E-state index in [9.17, 15) is 0 Å². The van der Waals surface area contributed by atoms with E-state index in [-0.39, 0.29) is 0 Å². The molecule has 20 heavy (non-hydrogen) atoms. The minimum Gasteiger partial charge on any atom is -0.383 e. The molecule has 1 aromatic carbocycles. The van der Waals surface area contributed by atoms with Crippen molar-refractivity contribution in [3.63, 3.8) is 0 Å². The summed E-state index contributed by atoms with van der Waals surface area (Å²) in [6.45, 7) is 2.88. The fraction of sp³-hybridized carbons (Fsp3) is 0.562. The Morgan fingerprint density at radius 1 is 1.40 bits per heavy atom. The van der Waals surface area contributed by atoms with Gasteiger partial charge in [0, 0.05) is 19.7 Å². The lowest BCUT2D eigenvalue weighted by atomic mass is 10.2. The maximum absolute atomic E-state index is 5.29. The highest BCUT2D eigenvalue weighted by atomic mass is 16.5. The number of para-hydroxylation sites is 2. The molecule has 3 rings (SSSR count). The van der Waals surface area contributed by atoms with Crippen LogP contribution in [0.3, 0.4) is 0 Å². The number of hydrogen-bond donors (Lipinski definition) is 1. The van der Waals surface area contributed by atoms with Crippen molar-refractivity contribution >= 4 is 11.0 Å². The van der Waals surface area contributed by atoms with Gasteiger partial charge in [0.1, 0.15) is 0 Å². The lowest BCUT2D eigenvalue weighted by Crippen LogP contribution is -2.36. The van der Waals surface area contributed by atoms with Crippen LogP contribution >= 0.6 is 0 Å². The molecule has 2 aromatic rings. The first-order valence-corrected chi connectivity index (χ1v) is 7.50. The number of imidazole rings is 1. The van der Waals surface area contributed by atoms with Crippen molar-refractivity contribution in [1.29, 1.82) is 0 Å². The fourth-order valence-electron chi connectivity index (χ4n) is 2.77. The highest BCUT2D eigenvalue weighted by molar-refractivity contribution is 5.74. The van der Waals surface area contributed by atoms with Gasteiger partial charge in [-0.25, -0.2) is 4.98 Å². The first kappa shape index (κ1) is 13.6. The number of nitrogens with one attached hydrogen (secondary N) is 1. The van der Waals surface area contributed by atoms with Gasteiger partial charge >= 0.3 is 0 Å². The minimum atomic E-state index is 0.541. The molecular formula is C16H23N3O. The Morgan fingerprint density at radius 2 is 2.25 bits per heavy atom. The van der Waals surface area contributed by atoms with Gasteiger partial charge in [0.05, 0.1) is 24.0 Å². The van der Waals surface area contributed by atoms with Crippen molar-refractivity contribution in [2.24, 2.45) is 5.92 Å². The quantitative estimate of drug-likeness (QED) is 0.751. The topological polar surface area (TPSA) is 39.1 Å². The predicted octanol–water partition coefficient (Wildman–Crippen LogP) is 2.44. The zero-order chi connectivity index (χ0) is 13.8. The molecule has 108 valence electrons. The van der Waals surface area contributed by atoms with Crippen LogP contribution in [0.1, 0.15) is 19.3 Å². The molecule has 0 spiro atoms. The van der Waals surface area contributed by atoms with E-state index >= 15 is 0 Å². The minimum absolute atomic E-state index is 0.541. The summed E-state index contributed by atoms with van der Waals surface area (Å²) in [5, 5.41) is 3.63. The van der Waals surface area contributed by atoms with Crippen LogP contribution in [-0.2, 0) is 11.3 Å². The lowest BCUT2D eigenvalue weighted by molar-refractivity contribution is 0.157. The van der Waals surface area contributed by atoms with Crippen LogP contribution in [0.2, 0.25) is 0 Å². The highest BCUT2D eigenvalue weighted by Crippen LogP contribution is 2.32. The van der Waals surface area contributed by atoms with Crippen molar-refractivity contribution in [2.45, 2.75) is 31.8 Å². The van der Waals surface area contributed by atoms with Crippen molar-refractivity contribution in [1.82, 2.24) is 14.9 Å². The van der Waals surface area contributed by atoms with Gasteiger partial charge in [-0.1, -0.05) is 12.1 Å². The van der Waals surface area contributed by atoms with Gasteiger partial charge in [0.2, 0.25) is 0 Å². The number of fused-ring (bicyclic) bond motifs is 1. The molecular weight excluding hydrogens is 250 g/mol. The van der Waals surface area contributed by atoms with Crippen LogP contribution in [0.25, 0.3) is 11.0 Å². The Morgan fingerprint density at radius 3 is 3.05 bits per heavy atom. The Labute approximate surface area is 120 Å². The third kappa shape index (κ3) is 3.19. The summed E-state index contributed by atoms with van der Waals surface area (Å²) in [5.74, 6) is 0.837. The van der Waals surface area contributed by atoms with Gasteiger partial charge in [0.25, 0.3) is 0 Å². The summed E-state index contributed by atoms with van der Waals surface area (Å²) < 4.78 is 7.52. The fourth-order valence-corrected chi connectivity index (χ4v) is 2.77. The lowest BCUT2D eigenvalue weighted by Gasteiger charge is -2.17. The molecule has 0 saturated heterocycles. The maximum Gasteiger partial charge on any atom is 0.0958 e. The van der Waals surface area contributed by atoms with Gasteiger partial charge < -0.3 is 14.6 Å². The molecule has 1 saturated carbocycles. The normalized spacial score (nSPS) is 16.6. The van der Waals surface area contributed by atoms with Gasteiger partial charge in [-0.2, -0.15) is 0 Å². The molecule has 1 heterocycles. The Bertz CT molecular complexity index is 547. The summed E-state index contributed by atoms with van der Waals surface area (Å²) >= 11 is 0. The second-order valence-electron chi connectivity index (χ2n) is 5.63. The number of nitrogens with zero attached hydrogens (tertiary/aromatic N) is 2. The van der Waals surface area contributed by atoms with E-state index in [0.717, 1.165) is 37.6 Å². The van der Waals surface area contributed by atoms with Gasteiger partial charge in [-0.3, -0.25) is 0 Å². The average Bonchev–Trinajstić information content (AvgIpc) is 3.24. The number of methoxy groups -OCH3 is 1. The number of hydrogen-bond acceptors (Lipinski definition) is 3. The molecule has 0 bridgehead atoms. The van der Waals surface area contributed by atoms with E-state index in [1.165, 1.54) is 18.4 Å². The van der Waals surface area contributed by atoms with E-state index < -0.39 is 0 Å². The SMILES string of the molecule is COCC(NCCCn1cnc2ccccc21)C1CC1. The highest BCUT2D eigenvalue weighted by Gasteiger charge is 2.30. The van der Waals surface area contributed by atoms with Crippen LogP contribution in [0.5, 0.6) is 0 Å². The predicted molar refractivity (Wildman–Crippen MR) is 80.7 cm³/mol. The molecule has 1 aliphatic rings. The Hall–Kier alpha value is -1.39.